The van der Waals surface area contributed by atoms with E-state index in [-0.39, 0.29) is 0 Å². The van der Waals surface area contributed by atoms with Crippen molar-refractivity contribution in [2.75, 3.05) is 5.73 Å². The molecule has 2 aromatic rings. The third-order valence-electron chi connectivity index (χ3n) is 3.66. The first-order chi connectivity index (χ1) is 8.72. The van der Waals surface area contributed by atoms with Crippen molar-refractivity contribution < 1.29 is 0 Å². The van der Waals surface area contributed by atoms with E-state index < -0.39 is 0 Å². The first-order valence-corrected chi connectivity index (χ1v) is 6.36. The third kappa shape index (κ3) is 2.12. The van der Waals surface area contributed by atoms with Gasteiger partial charge in [-0.1, -0.05) is 36.4 Å². The van der Waals surface area contributed by atoms with E-state index >= 15 is 0 Å². The highest BCUT2D eigenvalue weighted by Gasteiger charge is 2.18. The molecule has 0 spiro atoms. The van der Waals surface area contributed by atoms with Crippen LogP contribution in [0.4, 0.5) is 5.69 Å². The smallest absolute Gasteiger partial charge is 0.0346 e. The minimum atomic E-state index is 0.893. The molecule has 2 aromatic carbocycles. The molecule has 0 radical (unpaired) electrons. The number of nitrogens with two attached hydrogens (primary N) is 1. The van der Waals surface area contributed by atoms with Crippen molar-refractivity contribution in [1.82, 2.24) is 4.90 Å². The molecule has 0 fully saturated rings. The van der Waals surface area contributed by atoms with Gasteiger partial charge in [-0.15, -0.1) is 0 Å². The van der Waals surface area contributed by atoms with Crippen molar-refractivity contribution in [2.24, 2.45) is 0 Å². The van der Waals surface area contributed by atoms with E-state index in [1.165, 1.54) is 16.7 Å². The van der Waals surface area contributed by atoms with E-state index in [1.807, 2.05) is 6.92 Å². The first kappa shape index (κ1) is 11.3. The normalized spacial score (nSPS) is 14.7. The van der Waals surface area contributed by atoms with E-state index in [4.69, 9.17) is 5.73 Å². The SMILES string of the molecule is Cc1ccc(CN2Cc3ccccc3C2)cc1N. The Morgan fingerprint density at radius 3 is 2.33 bits per heavy atom. The molecule has 2 N–H and O–H groups in total. The summed E-state index contributed by atoms with van der Waals surface area (Å²) >= 11 is 0. The summed E-state index contributed by atoms with van der Waals surface area (Å²) in [4.78, 5) is 2.45. The third-order valence-corrected chi connectivity index (χ3v) is 3.66. The zero-order valence-corrected chi connectivity index (χ0v) is 10.7. The maximum absolute atomic E-state index is 5.96. The van der Waals surface area contributed by atoms with Crippen LogP contribution in [0.1, 0.15) is 22.3 Å². The standard InChI is InChI=1S/C16H18N2/c1-12-6-7-13(8-16(12)17)9-18-10-14-4-2-3-5-15(14)11-18/h2-8H,9-11,17H2,1H3. The van der Waals surface area contributed by atoms with Gasteiger partial charge in [0.05, 0.1) is 0 Å². The second-order valence-corrected chi connectivity index (χ2v) is 5.10. The van der Waals surface area contributed by atoms with Gasteiger partial charge in [-0.2, -0.15) is 0 Å². The molecule has 1 aliphatic heterocycles. The molecule has 0 aromatic heterocycles. The maximum Gasteiger partial charge on any atom is 0.0346 e. The molecule has 0 aliphatic carbocycles. The van der Waals surface area contributed by atoms with Crippen LogP contribution in [0.3, 0.4) is 0 Å². The number of aryl methyl sites for hydroxylation is 1. The van der Waals surface area contributed by atoms with Gasteiger partial charge in [0.25, 0.3) is 0 Å². The van der Waals surface area contributed by atoms with Crippen LogP contribution in [0.5, 0.6) is 0 Å². The number of benzene rings is 2. The topological polar surface area (TPSA) is 29.3 Å². The minimum Gasteiger partial charge on any atom is -0.399 e. The van der Waals surface area contributed by atoms with Crippen molar-refractivity contribution in [3.05, 3.63) is 64.7 Å². The van der Waals surface area contributed by atoms with Gasteiger partial charge in [0.2, 0.25) is 0 Å². The average molecular weight is 238 g/mol. The number of fused-ring (bicyclic) bond motifs is 1. The molecule has 3 rings (SSSR count). The highest BCUT2D eigenvalue weighted by molar-refractivity contribution is 5.48. The lowest BCUT2D eigenvalue weighted by molar-refractivity contribution is 0.275. The van der Waals surface area contributed by atoms with E-state index in [0.29, 0.717) is 0 Å². The highest BCUT2D eigenvalue weighted by atomic mass is 15.1. The van der Waals surface area contributed by atoms with Crippen LogP contribution in [0.25, 0.3) is 0 Å². The number of nitrogen functional groups attached to an aromatic ring is 1. The van der Waals surface area contributed by atoms with Gasteiger partial charge in [0.15, 0.2) is 0 Å². The van der Waals surface area contributed by atoms with Gasteiger partial charge in [0, 0.05) is 25.3 Å². The fourth-order valence-electron chi connectivity index (χ4n) is 2.56. The Morgan fingerprint density at radius 2 is 1.72 bits per heavy atom. The molecule has 1 aliphatic rings. The molecule has 92 valence electrons. The van der Waals surface area contributed by atoms with E-state index in [0.717, 1.165) is 30.9 Å². The van der Waals surface area contributed by atoms with Gasteiger partial charge in [-0.05, 0) is 35.2 Å². The highest BCUT2D eigenvalue weighted by Crippen LogP contribution is 2.24. The summed E-state index contributed by atoms with van der Waals surface area (Å²) in [6, 6.07) is 15.1. The van der Waals surface area contributed by atoms with E-state index in [1.54, 1.807) is 0 Å². The Kier molecular flexibility index (Phi) is 2.80. The zero-order valence-electron chi connectivity index (χ0n) is 10.7. The van der Waals surface area contributed by atoms with Crippen molar-refractivity contribution in [1.29, 1.82) is 0 Å². The molecule has 18 heavy (non-hydrogen) atoms. The number of hydrogen-bond acceptors (Lipinski definition) is 2. The Bertz CT molecular complexity index is 550. The lowest BCUT2D eigenvalue weighted by Crippen LogP contribution is -2.15. The molecule has 0 atom stereocenters. The van der Waals surface area contributed by atoms with Crippen LogP contribution < -0.4 is 5.73 Å². The second-order valence-electron chi connectivity index (χ2n) is 5.10. The summed E-state index contributed by atoms with van der Waals surface area (Å²) < 4.78 is 0. The molecular weight excluding hydrogens is 220 g/mol. The summed E-state index contributed by atoms with van der Waals surface area (Å²) in [7, 11) is 0. The van der Waals surface area contributed by atoms with Gasteiger partial charge in [-0.25, -0.2) is 0 Å². The molecule has 1 heterocycles. The molecule has 2 nitrogen and oxygen atoms in total. The van der Waals surface area contributed by atoms with Crippen LogP contribution in [0.2, 0.25) is 0 Å². The molecular formula is C16H18N2. The van der Waals surface area contributed by atoms with Crippen LogP contribution in [-0.2, 0) is 19.6 Å². The predicted molar refractivity (Wildman–Crippen MR) is 75.0 cm³/mol. The average Bonchev–Trinajstić information content (AvgIpc) is 2.76. The van der Waals surface area contributed by atoms with Crippen LogP contribution in [0.15, 0.2) is 42.5 Å². The molecule has 0 bridgehead atoms. The van der Waals surface area contributed by atoms with Crippen molar-refractivity contribution in [3.8, 4) is 0 Å². The number of nitrogens with zero attached hydrogens (tertiary/aromatic N) is 1. The number of rotatable bonds is 2. The molecule has 2 heteroatoms. The fourth-order valence-corrected chi connectivity index (χ4v) is 2.56. The largest absolute Gasteiger partial charge is 0.399 e. The summed E-state index contributed by atoms with van der Waals surface area (Å²) in [6.45, 7) is 5.11. The zero-order chi connectivity index (χ0) is 12.5. The Labute approximate surface area is 108 Å². The number of anilines is 1. The first-order valence-electron chi connectivity index (χ1n) is 6.36. The van der Waals surface area contributed by atoms with E-state index in [2.05, 4.69) is 47.4 Å². The van der Waals surface area contributed by atoms with Gasteiger partial charge < -0.3 is 5.73 Å². The quantitative estimate of drug-likeness (QED) is 0.815. The van der Waals surface area contributed by atoms with E-state index in [9.17, 15) is 0 Å². The summed E-state index contributed by atoms with van der Waals surface area (Å²) in [5.74, 6) is 0. The second kappa shape index (κ2) is 4.46. The predicted octanol–water partition coefficient (Wildman–Crippen LogP) is 3.09. The number of hydrogen-bond donors (Lipinski definition) is 1. The lowest BCUT2D eigenvalue weighted by atomic mass is 10.1. The lowest BCUT2D eigenvalue weighted by Gasteiger charge is -2.15. The molecule has 0 saturated carbocycles. The summed E-state index contributed by atoms with van der Waals surface area (Å²) in [5.41, 5.74) is 12.2. The van der Waals surface area contributed by atoms with Crippen molar-refractivity contribution in [2.45, 2.75) is 26.6 Å². The van der Waals surface area contributed by atoms with Crippen LogP contribution in [0, 0.1) is 6.92 Å². The maximum atomic E-state index is 5.96. The monoisotopic (exact) mass is 238 g/mol. The van der Waals surface area contributed by atoms with Gasteiger partial charge >= 0.3 is 0 Å². The van der Waals surface area contributed by atoms with Crippen LogP contribution >= 0.6 is 0 Å². The fraction of sp³-hybridized carbons (Fsp3) is 0.250. The Hall–Kier alpha value is -1.80. The molecule has 0 unspecified atom stereocenters. The van der Waals surface area contributed by atoms with Crippen molar-refractivity contribution in [3.63, 3.8) is 0 Å². The summed E-state index contributed by atoms with van der Waals surface area (Å²) in [6.07, 6.45) is 0. The van der Waals surface area contributed by atoms with Crippen molar-refractivity contribution >= 4 is 5.69 Å². The van der Waals surface area contributed by atoms with Gasteiger partial charge in [-0.3, -0.25) is 4.90 Å². The molecule has 0 saturated heterocycles. The Morgan fingerprint density at radius 1 is 1.06 bits per heavy atom. The summed E-state index contributed by atoms with van der Waals surface area (Å²) in [5, 5.41) is 0. The molecule has 0 amide bonds. The van der Waals surface area contributed by atoms with Crippen LogP contribution in [-0.4, -0.2) is 4.90 Å². The Balaban J connectivity index is 1.74. The minimum absolute atomic E-state index is 0.893. The van der Waals surface area contributed by atoms with Gasteiger partial charge in [0.1, 0.15) is 0 Å².